The molecule has 1 aliphatic rings. The summed E-state index contributed by atoms with van der Waals surface area (Å²) < 4.78 is 2.25. The van der Waals surface area contributed by atoms with Gasteiger partial charge in [-0.1, -0.05) is 25.5 Å². The first-order valence-electron chi connectivity index (χ1n) is 8.76. The molecule has 0 spiro atoms. The molecule has 1 atom stereocenters. The third-order valence-electron chi connectivity index (χ3n) is 4.64. The van der Waals surface area contributed by atoms with Crippen molar-refractivity contribution in [3.8, 4) is 11.3 Å². The fourth-order valence-electron chi connectivity index (χ4n) is 3.18. The molecule has 136 valence electrons. The molecule has 3 rings (SSSR count). The molecule has 0 fully saturated rings. The van der Waals surface area contributed by atoms with E-state index in [2.05, 4.69) is 16.1 Å². The van der Waals surface area contributed by atoms with Gasteiger partial charge in [0.05, 0.1) is 11.2 Å². The monoisotopic (exact) mass is 362 g/mol. The largest absolute Gasteiger partial charge is 0.334 e. The zero-order valence-corrected chi connectivity index (χ0v) is 15.7. The number of halogens is 1. The van der Waals surface area contributed by atoms with E-state index in [4.69, 9.17) is 10.7 Å². The van der Waals surface area contributed by atoms with E-state index in [1.165, 1.54) is 18.7 Å². The Balaban J connectivity index is 0.00000225. The maximum atomic E-state index is 12.3. The Morgan fingerprint density at radius 2 is 2.04 bits per heavy atom. The third-order valence-corrected chi connectivity index (χ3v) is 4.64. The summed E-state index contributed by atoms with van der Waals surface area (Å²) in [6.45, 7) is 4.86. The number of rotatable bonds is 5. The highest BCUT2D eigenvalue weighted by Crippen LogP contribution is 2.24. The predicted molar refractivity (Wildman–Crippen MR) is 104 cm³/mol. The van der Waals surface area contributed by atoms with Crippen LogP contribution in [0.3, 0.4) is 0 Å². The number of nitrogens with two attached hydrogens (primary N) is 1. The Morgan fingerprint density at radius 3 is 2.68 bits per heavy atom. The van der Waals surface area contributed by atoms with Crippen LogP contribution in [0.15, 0.2) is 30.5 Å². The van der Waals surface area contributed by atoms with Crippen molar-refractivity contribution in [1.82, 2.24) is 9.55 Å². The number of nitrogens with one attached hydrogen (secondary N) is 1. The number of hydrogen-bond acceptors (Lipinski definition) is 3. The number of aromatic nitrogens is 2. The van der Waals surface area contributed by atoms with Gasteiger partial charge < -0.3 is 15.6 Å². The van der Waals surface area contributed by atoms with Gasteiger partial charge in [0, 0.05) is 30.4 Å². The molecular weight excluding hydrogens is 336 g/mol. The Hall–Kier alpha value is -1.85. The second-order valence-electron chi connectivity index (χ2n) is 6.89. The summed E-state index contributed by atoms with van der Waals surface area (Å²) >= 11 is 0. The highest BCUT2D eigenvalue weighted by atomic mass is 35.5. The second kappa shape index (κ2) is 8.02. The van der Waals surface area contributed by atoms with E-state index in [-0.39, 0.29) is 18.3 Å². The zero-order valence-electron chi connectivity index (χ0n) is 14.9. The molecule has 1 aliphatic heterocycles. The van der Waals surface area contributed by atoms with E-state index >= 15 is 0 Å². The molecule has 0 aliphatic carbocycles. The van der Waals surface area contributed by atoms with Crippen LogP contribution >= 0.6 is 12.4 Å². The molecule has 1 unspecified atom stereocenters. The number of aryl methyl sites for hydroxylation is 2. The topological polar surface area (TPSA) is 72.9 Å². The first-order chi connectivity index (χ1) is 11.5. The summed E-state index contributed by atoms with van der Waals surface area (Å²) in [5.41, 5.74) is 8.07. The van der Waals surface area contributed by atoms with Crippen molar-refractivity contribution in [3.63, 3.8) is 0 Å². The van der Waals surface area contributed by atoms with Crippen LogP contribution in [0, 0.1) is 0 Å². The number of hydrogen-bond donors (Lipinski definition) is 2. The number of anilines is 1. The predicted octanol–water partition coefficient (Wildman–Crippen LogP) is 3.76. The van der Waals surface area contributed by atoms with Crippen molar-refractivity contribution in [3.05, 3.63) is 36.3 Å². The summed E-state index contributed by atoms with van der Waals surface area (Å²) in [5, 5.41) is 2.91. The maximum Gasteiger partial charge on any atom is 0.244 e. The first kappa shape index (κ1) is 19.5. The molecule has 0 saturated heterocycles. The maximum absolute atomic E-state index is 12.3. The molecule has 1 aromatic carbocycles. The number of imidazole rings is 1. The second-order valence-corrected chi connectivity index (χ2v) is 6.89. The van der Waals surface area contributed by atoms with Crippen molar-refractivity contribution in [2.75, 3.05) is 5.32 Å². The Bertz CT molecular complexity index is 698. The van der Waals surface area contributed by atoms with Gasteiger partial charge in [-0.25, -0.2) is 4.98 Å². The summed E-state index contributed by atoms with van der Waals surface area (Å²) in [5.74, 6) is 1.03. The van der Waals surface area contributed by atoms with E-state index in [0.29, 0.717) is 6.42 Å². The summed E-state index contributed by atoms with van der Waals surface area (Å²) in [4.78, 5) is 17.0. The molecule has 2 aromatic rings. The van der Waals surface area contributed by atoms with Crippen molar-refractivity contribution in [1.29, 1.82) is 0 Å². The standard InChI is InChI=1S/C19H26N4O.ClH/c1-3-11-19(2,20)18(24)21-15-9-7-14(8-10-15)16-13-23-12-5-4-6-17(23)22-16;/h7-10,13H,3-6,11-12,20H2,1-2H3,(H,21,24);1H. The zero-order chi connectivity index (χ0) is 17.2. The Morgan fingerprint density at radius 1 is 1.32 bits per heavy atom. The van der Waals surface area contributed by atoms with Gasteiger partial charge in [0.1, 0.15) is 5.82 Å². The highest BCUT2D eigenvalue weighted by Gasteiger charge is 2.27. The molecule has 3 N–H and O–H groups in total. The minimum atomic E-state index is -0.837. The highest BCUT2D eigenvalue weighted by molar-refractivity contribution is 5.97. The van der Waals surface area contributed by atoms with E-state index in [1.807, 2.05) is 31.2 Å². The van der Waals surface area contributed by atoms with Crippen LogP contribution in [0.2, 0.25) is 0 Å². The van der Waals surface area contributed by atoms with Gasteiger partial charge in [-0.15, -0.1) is 12.4 Å². The van der Waals surface area contributed by atoms with Crippen LogP contribution < -0.4 is 11.1 Å². The third kappa shape index (κ3) is 4.41. The van der Waals surface area contributed by atoms with Gasteiger partial charge >= 0.3 is 0 Å². The normalized spacial score (nSPS) is 15.6. The fourth-order valence-corrected chi connectivity index (χ4v) is 3.18. The van der Waals surface area contributed by atoms with Crippen molar-refractivity contribution in [2.24, 2.45) is 5.73 Å². The summed E-state index contributed by atoms with van der Waals surface area (Å²) in [7, 11) is 0. The quantitative estimate of drug-likeness (QED) is 0.850. The molecule has 1 aromatic heterocycles. The summed E-state index contributed by atoms with van der Waals surface area (Å²) in [6.07, 6.45) is 7.17. The average molecular weight is 363 g/mol. The van der Waals surface area contributed by atoms with Crippen molar-refractivity contribution >= 4 is 24.0 Å². The Kier molecular flexibility index (Phi) is 6.25. The average Bonchev–Trinajstić information content (AvgIpc) is 2.99. The van der Waals surface area contributed by atoms with Crippen LogP contribution in [0.1, 0.15) is 45.4 Å². The SMILES string of the molecule is CCCC(C)(N)C(=O)Nc1ccc(-c2cn3c(n2)CCCC3)cc1.Cl. The molecule has 2 heterocycles. The van der Waals surface area contributed by atoms with Gasteiger partial charge in [-0.3, -0.25) is 4.79 Å². The molecular formula is C19H27ClN4O. The van der Waals surface area contributed by atoms with E-state index in [9.17, 15) is 4.79 Å². The first-order valence-corrected chi connectivity index (χ1v) is 8.76. The lowest BCUT2D eigenvalue weighted by Gasteiger charge is -2.22. The lowest BCUT2D eigenvalue weighted by atomic mass is 9.96. The van der Waals surface area contributed by atoms with Crippen LogP contribution in [-0.4, -0.2) is 21.0 Å². The van der Waals surface area contributed by atoms with Crippen LogP contribution in [0.4, 0.5) is 5.69 Å². The number of carbonyl (C=O) groups excluding carboxylic acids is 1. The minimum absolute atomic E-state index is 0. The van der Waals surface area contributed by atoms with Crippen LogP contribution in [-0.2, 0) is 17.8 Å². The fraction of sp³-hybridized carbons (Fsp3) is 0.474. The van der Waals surface area contributed by atoms with Crippen LogP contribution in [0.25, 0.3) is 11.3 Å². The molecule has 0 bridgehead atoms. The number of amides is 1. The molecule has 1 amide bonds. The molecule has 0 saturated carbocycles. The lowest BCUT2D eigenvalue weighted by Crippen LogP contribution is -2.48. The van der Waals surface area contributed by atoms with Gasteiger partial charge in [-0.05, 0) is 38.3 Å². The summed E-state index contributed by atoms with van der Waals surface area (Å²) in [6, 6.07) is 7.82. The van der Waals surface area contributed by atoms with Gasteiger partial charge in [0.25, 0.3) is 0 Å². The smallest absolute Gasteiger partial charge is 0.244 e. The Labute approximate surface area is 155 Å². The van der Waals surface area contributed by atoms with Crippen molar-refractivity contribution < 1.29 is 4.79 Å². The van der Waals surface area contributed by atoms with Gasteiger partial charge in [0.15, 0.2) is 0 Å². The minimum Gasteiger partial charge on any atom is -0.334 e. The van der Waals surface area contributed by atoms with Gasteiger partial charge in [-0.2, -0.15) is 0 Å². The number of carbonyl (C=O) groups is 1. The van der Waals surface area contributed by atoms with Crippen LogP contribution in [0.5, 0.6) is 0 Å². The van der Waals surface area contributed by atoms with Gasteiger partial charge in [0.2, 0.25) is 5.91 Å². The number of fused-ring (bicyclic) bond motifs is 1. The van der Waals surface area contributed by atoms with E-state index in [1.54, 1.807) is 6.92 Å². The van der Waals surface area contributed by atoms with E-state index in [0.717, 1.165) is 36.3 Å². The molecule has 25 heavy (non-hydrogen) atoms. The number of nitrogens with zero attached hydrogens (tertiary/aromatic N) is 2. The van der Waals surface area contributed by atoms with Crippen molar-refractivity contribution in [2.45, 2.75) is 58.0 Å². The number of benzene rings is 1. The molecule has 0 radical (unpaired) electrons. The lowest BCUT2D eigenvalue weighted by molar-refractivity contribution is -0.120. The molecule has 6 heteroatoms. The van der Waals surface area contributed by atoms with E-state index < -0.39 is 5.54 Å². The molecule has 5 nitrogen and oxygen atoms in total.